The Morgan fingerprint density at radius 2 is 1.90 bits per heavy atom. The van der Waals surface area contributed by atoms with Crippen molar-refractivity contribution in [2.45, 2.75) is 30.8 Å². The van der Waals surface area contributed by atoms with Crippen molar-refractivity contribution in [1.82, 2.24) is 19.7 Å². The monoisotopic (exact) mass is 408 g/mol. The molecule has 148 valence electrons. The summed E-state index contributed by atoms with van der Waals surface area (Å²) in [5.41, 5.74) is 1.51. The van der Waals surface area contributed by atoms with Crippen molar-refractivity contribution in [3.8, 4) is 17.1 Å². The number of fused-ring (bicyclic) bond motifs is 1. The van der Waals surface area contributed by atoms with E-state index in [1.807, 2.05) is 55.5 Å². The zero-order valence-electron chi connectivity index (χ0n) is 16.2. The van der Waals surface area contributed by atoms with Gasteiger partial charge in [-0.3, -0.25) is 9.36 Å². The Hall–Kier alpha value is -3.13. The molecule has 0 fully saturated rings. The highest BCUT2D eigenvalue weighted by Gasteiger charge is 2.14. The molecule has 0 saturated carbocycles. The molecule has 0 amide bonds. The van der Waals surface area contributed by atoms with E-state index >= 15 is 0 Å². The average molecular weight is 408 g/mol. The van der Waals surface area contributed by atoms with E-state index in [4.69, 9.17) is 9.26 Å². The van der Waals surface area contributed by atoms with Crippen molar-refractivity contribution < 1.29 is 9.26 Å². The molecule has 2 heterocycles. The van der Waals surface area contributed by atoms with Gasteiger partial charge in [-0.05, 0) is 42.8 Å². The molecule has 8 heteroatoms. The normalized spacial score (nSPS) is 11.1. The van der Waals surface area contributed by atoms with Crippen LogP contribution >= 0.6 is 11.8 Å². The lowest BCUT2D eigenvalue weighted by Crippen LogP contribution is -2.23. The Morgan fingerprint density at radius 3 is 2.66 bits per heavy atom. The van der Waals surface area contributed by atoms with Crippen LogP contribution in [-0.4, -0.2) is 26.8 Å². The molecular formula is C21H20N4O3S. The third-order valence-electron chi connectivity index (χ3n) is 4.41. The number of para-hydroxylation sites is 1. The van der Waals surface area contributed by atoms with Gasteiger partial charge in [0.15, 0.2) is 5.16 Å². The Kier molecular flexibility index (Phi) is 5.62. The fraction of sp³-hybridized carbons (Fsp3) is 0.238. The molecule has 2 aromatic heterocycles. The van der Waals surface area contributed by atoms with Gasteiger partial charge in [0.25, 0.3) is 5.56 Å². The first-order valence-electron chi connectivity index (χ1n) is 9.29. The molecule has 4 aromatic rings. The smallest absolute Gasteiger partial charge is 0.262 e. The molecule has 2 aromatic carbocycles. The highest BCUT2D eigenvalue weighted by atomic mass is 32.2. The standard InChI is InChI=1S/C21H20N4O3S/c1-3-12-25-20(26)16-6-4-5-7-17(16)22-21(25)29-13-18-23-19(24-28-18)14-8-10-15(27-2)11-9-14/h4-11H,3,12-13H2,1-2H3. The number of hydrogen-bond donors (Lipinski definition) is 0. The molecule has 4 rings (SSSR count). The molecule has 0 saturated heterocycles. The maximum absolute atomic E-state index is 12.8. The van der Waals surface area contributed by atoms with Crippen LogP contribution in [0, 0.1) is 0 Å². The molecule has 0 N–H and O–H groups in total. The van der Waals surface area contributed by atoms with Crippen LogP contribution < -0.4 is 10.3 Å². The van der Waals surface area contributed by atoms with E-state index in [9.17, 15) is 4.79 Å². The van der Waals surface area contributed by atoms with Crippen molar-refractivity contribution in [2.24, 2.45) is 0 Å². The van der Waals surface area contributed by atoms with Crippen LogP contribution in [0.1, 0.15) is 19.2 Å². The first kappa shape index (κ1) is 19.2. The van der Waals surface area contributed by atoms with Gasteiger partial charge in [0.1, 0.15) is 5.75 Å². The van der Waals surface area contributed by atoms with Crippen molar-refractivity contribution in [3.05, 3.63) is 64.8 Å². The summed E-state index contributed by atoms with van der Waals surface area (Å²) in [6.45, 7) is 2.65. The number of benzene rings is 2. The van der Waals surface area contributed by atoms with Crippen molar-refractivity contribution in [3.63, 3.8) is 0 Å². The molecule has 0 spiro atoms. The van der Waals surface area contributed by atoms with Gasteiger partial charge in [-0.15, -0.1) is 0 Å². The van der Waals surface area contributed by atoms with Gasteiger partial charge >= 0.3 is 0 Å². The quantitative estimate of drug-likeness (QED) is 0.335. The maximum Gasteiger partial charge on any atom is 0.262 e. The summed E-state index contributed by atoms with van der Waals surface area (Å²) in [7, 11) is 1.62. The molecule has 29 heavy (non-hydrogen) atoms. The lowest BCUT2D eigenvalue weighted by atomic mass is 10.2. The van der Waals surface area contributed by atoms with Gasteiger partial charge in [-0.1, -0.05) is 36.0 Å². The van der Waals surface area contributed by atoms with Crippen LogP contribution in [0.25, 0.3) is 22.3 Å². The lowest BCUT2D eigenvalue weighted by molar-refractivity contribution is 0.391. The van der Waals surface area contributed by atoms with Gasteiger partial charge < -0.3 is 9.26 Å². The van der Waals surface area contributed by atoms with Gasteiger partial charge in [-0.2, -0.15) is 4.98 Å². The van der Waals surface area contributed by atoms with E-state index in [2.05, 4.69) is 15.1 Å². The Morgan fingerprint density at radius 1 is 1.10 bits per heavy atom. The van der Waals surface area contributed by atoms with Gasteiger partial charge in [0.05, 0.1) is 23.8 Å². The van der Waals surface area contributed by atoms with E-state index in [-0.39, 0.29) is 5.56 Å². The Labute approximate surface area is 171 Å². The van der Waals surface area contributed by atoms with Crippen LogP contribution in [0.5, 0.6) is 5.75 Å². The zero-order valence-corrected chi connectivity index (χ0v) is 17.0. The number of rotatable bonds is 7. The van der Waals surface area contributed by atoms with E-state index in [1.165, 1.54) is 11.8 Å². The SMILES string of the molecule is CCCn1c(SCc2nc(-c3ccc(OC)cc3)no2)nc2ccccc2c1=O. The maximum atomic E-state index is 12.8. The summed E-state index contributed by atoms with van der Waals surface area (Å²) in [6.07, 6.45) is 0.843. The predicted octanol–water partition coefficient (Wildman–Crippen LogP) is 4.16. The van der Waals surface area contributed by atoms with Crippen molar-refractivity contribution in [2.75, 3.05) is 7.11 Å². The fourth-order valence-corrected chi connectivity index (χ4v) is 3.84. The molecule has 0 aliphatic carbocycles. The molecule has 0 unspecified atom stereocenters. The third-order valence-corrected chi connectivity index (χ3v) is 5.38. The highest BCUT2D eigenvalue weighted by molar-refractivity contribution is 7.98. The second kappa shape index (κ2) is 8.48. The number of ether oxygens (including phenoxy) is 1. The minimum absolute atomic E-state index is 0.0237. The number of methoxy groups -OCH3 is 1. The first-order chi connectivity index (χ1) is 14.2. The van der Waals surface area contributed by atoms with Crippen LogP contribution in [0.3, 0.4) is 0 Å². The highest BCUT2D eigenvalue weighted by Crippen LogP contribution is 2.24. The van der Waals surface area contributed by atoms with Gasteiger partial charge in [-0.25, -0.2) is 4.98 Å². The Balaban J connectivity index is 1.57. The summed E-state index contributed by atoms with van der Waals surface area (Å²) < 4.78 is 12.3. The number of thioether (sulfide) groups is 1. The molecule has 7 nitrogen and oxygen atoms in total. The molecule has 0 radical (unpaired) electrons. The Bertz CT molecular complexity index is 1180. The third kappa shape index (κ3) is 4.02. The predicted molar refractivity (Wildman–Crippen MR) is 112 cm³/mol. The van der Waals surface area contributed by atoms with E-state index in [0.29, 0.717) is 40.1 Å². The van der Waals surface area contributed by atoms with E-state index in [1.54, 1.807) is 11.7 Å². The molecule has 0 aliphatic heterocycles. The van der Waals surface area contributed by atoms with Crippen LogP contribution in [-0.2, 0) is 12.3 Å². The zero-order chi connectivity index (χ0) is 20.2. The van der Waals surface area contributed by atoms with Crippen LogP contribution in [0.4, 0.5) is 0 Å². The fourth-order valence-electron chi connectivity index (χ4n) is 2.98. The minimum Gasteiger partial charge on any atom is -0.497 e. The largest absolute Gasteiger partial charge is 0.497 e. The average Bonchev–Trinajstić information content (AvgIpc) is 3.24. The number of nitrogens with zero attached hydrogens (tertiary/aromatic N) is 4. The molecule has 0 bridgehead atoms. The summed E-state index contributed by atoms with van der Waals surface area (Å²) in [5, 5.41) is 5.33. The van der Waals surface area contributed by atoms with E-state index < -0.39 is 0 Å². The molecule has 0 aliphatic rings. The van der Waals surface area contributed by atoms with Crippen molar-refractivity contribution >= 4 is 22.7 Å². The summed E-state index contributed by atoms with van der Waals surface area (Å²) >= 11 is 1.42. The van der Waals surface area contributed by atoms with Gasteiger partial charge in [0, 0.05) is 12.1 Å². The van der Waals surface area contributed by atoms with Crippen molar-refractivity contribution in [1.29, 1.82) is 0 Å². The molecular weight excluding hydrogens is 388 g/mol. The molecule has 0 atom stereocenters. The number of aromatic nitrogens is 4. The van der Waals surface area contributed by atoms with Crippen LogP contribution in [0.15, 0.2) is 63.0 Å². The summed E-state index contributed by atoms with van der Waals surface area (Å²) in [5.74, 6) is 2.19. The lowest BCUT2D eigenvalue weighted by Gasteiger charge is -2.11. The topological polar surface area (TPSA) is 83.0 Å². The number of hydrogen-bond acceptors (Lipinski definition) is 7. The second-order valence-corrected chi connectivity index (χ2v) is 7.34. The first-order valence-corrected chi connectivity index (χ1v) is 10.3. The van der Waals surface area contributed by atoms with Gasteiger partial charge in [0.2, 0.25) is 11.7 Å². The minimum atomic E-state index is -0.0237. The van der Waals surface area contributed by atoms with E-state index in [0.717, 1.165) is 17.7 Å². The van der Waals surface area contributed by atoms with Crippen LogP contribution in [0.2, 0.25) is 0 Å². The second-order valence-electron chi connectivity index (χ2n) is 6.40. The summed E-state index contributed by atoms with van der Waals surface area (Å²) in [4.78, 5) is 22.0. The summed E-state index contributed by atoms with van der Waals surface area (Å²) in [6, 6.07) is 14.9.